The van der Waals surface area contributed by atoms with E-state index in [1.54, 1.807) is 0 Å². The second-order valence-corrected chi connectivity index (χ2v) is 6.02. The topological polar surface area (TPSA) is 91.3 Å². The van der Waals surface area contributed by atoms with E-state index in [2.05, 4.69) is 26.1 Å². The summed E-state index contributed by atoms with van der Waals surface area (Å²) in [5.41, 5.74) is 0.532. The Balaban J connectivity index is 1.74. The van der Waals surface area contributed by atoms with Gasteiger partial charge < -0.3 is 9.15 Å². The maximum atomic E-state index is 11.0. The summed E-state index contributed by atoms with van der Waals surface area (Å²) in [5, 5.41) is 19.1. The predicted octanol–water partition coefficient (Wildman–Crippen LogP) is 4.64. The number of nitro benzene ring substituents is 1. The molecule has 1 heterocycles. The molecule has 0 saturated carbocycles. The lowest BCUT2D eigenvalue weighted by molar-refractivity contribution is -0.385. The number of benzene rings is 2. The van der Waals surface area contributed by atoms with E-state index in [0.29, 0.717) is 5.89 Å². The van der Waals surface area contributed by atoms with Gasteiger partial charge in [0.05, 0.1) is 4.92 Å². The van der Waals surface area contributed by atoms with Crippen LogP contribution in [0.25, 0.3) is 11.5 Å². The Labute approximate surface area is 149 Å². The molecular formula is C15H9BrClN3O4. The number of halogens is 2. The zero-order valence-corrected chi connectivity index (χ0v) is 14.3. The van der Waals surface area contributed by atoms with Crippen LogP contribution in [0.5, 0.6) is 5.75 Å². The molecule has 0 saturated heterocycles. The lowest BCUT2D eigenvalue weighted by Gasteiger charge is -2.04. The molecule has 0 aliphatic heterocycles. The van der Waals surface area contributed by atoms with Crippen molar-refractivity contribution >= 4 is 33.2 Å². The van der Waals surface area contributed by atoms with E-state index in [-0.39, 0.29) is 29.0 Å². The molecule has 0 aliphatic rings. The second kappa shape index (κ2) is 6.98. The Morgan fingerprint density at radius 2 is 1.96 bits per heavy atom. The third-order valence-electron chi connectivity index (χ3n) is 3.03. The molecule has 1 aromatic heterocycles. The summed E-state index contributed by atoms with van der Waals surface area (Å²) in [6.07, 6.45) is 0. The lowest BCUT2D eigenvalue weighted by atomic mass is 10.2. The minimum Gasteiger partial charge on any atom is -0.477 e. The van der Waals surface area contributed by atoms with Crippen molar-refractivity contribution in [2.75, 3.05) is 0 Å². The van der Waals surface area contributed by atoms with Gasteiger partial charge in [-0.05, 0) is 36.4 Å². The van der Waals surface area contributed by atoms with Crippen LogP contribution in [0.4, 0.5) is 5.69 Å². The summed E-state index contributed by atoms with van der Waals surface area (Å²) >= 11 is 9.10. The Morgan fingerprint density at radius 3 is 2.67 bits per heavy atom. The summed E-state index contributed by atoms with van der Waals surface area (Å²) < 4.78 is 11.8. The molecule has 9 heteroatoms. The van der Waals surface area contributed by atoms with E-state index in [9.17, 15) is 10.1 Å². The highest BCUT2D eigenvalue weighted by atomic mass is 79.9. The van der Waals surface area contributed by atoms with E-state index < -0.39 is 4.92 Å². The summed E-state index contributed by atoms with van der Waals surface area (Å²) in [6, 6.07) is 11.5. The van der Waals surface area contributed by atoms with Crippen molar-refractivity contribution < 1.29 is 14.1 Å². The molecule has 0 atom stereocenters. The quantitative estimate of drug-likeness (QED) is 0.449. The molecule has 24 heavy (non-hydrogen) atoms. The molecule has 122 valence electrons. The predicted molar refractivity (Wildman–Crippen MR) is 89.9 cm³/mol. The number of aromatic nitrogens is 2. The van der Waals surface area contributed by atoms with Gasteiger partial charge in [0.2, 0.25) is 5.89 Å². The number of nitrogens with zero attached hydrogens (tertiary/aromatic N) is 3. The maximum absolute atomic E-state index is 11.0. The van der Waals surface area contributed by atoms with Gasteiger partial charge >= 0.3 is 5.69 Å². The fraction of sp³-hybridized carbons (Fsp3) is 0.0667. The van der Waals surface area contributed by atoms with E-state index in [0.717, 1.165) is 10.0 Å². The van der Waals surface area contributed by atoms with E-state index in [4.69, 9.17) is 20.8 Å². The van der Waals surface area contributed by atoms with Crippen molar-refractivity contribution in [3.8, 4) is 17.2 Å². The first-order chi connectivity index (χ1) is 11.5. The van der Waals surface area contributed by atoms with Crippen LogP contribution >= 0.6 is 27.5 Å². The van der Waals surface area contributed by atoms with Gasteiger partial charge in [0.1, 0.15) is 0 Å². The van der Waals surface area contributed by atoms with Crippen molar-refractivity contribution in [2.24, 2.45) is 0 Å². The summed E-state index contributed by atoms with van der Waals surface area (Å²) in [5.74, 6) is 0.622. The largest absolute Gasteiger partial charge is 0.477 e. The fourth-order valence-electron chi connectivity index (χ4n) is 1.92. The highest BCUT2D eigenvalue weighted by Gasteiger charge is 2.17. The minimum absolute atomic E-state index is 0.0767. The second-order valence-electron chi connectivity index (χ2n) is 4.67. The van der Waals surface area contributed by atoms with Crippen LogP contribution in [-0.4, -0.2) is 15.1 Å². The van der Waals surface area contributed by atoms with Crippen molar-refractivity contribution in [2.45, 2.75) is 6.61 Å². The third kappa shape index (κ3) is 3.72. The average molecular weight is 411 g/mol. The monoisotopic (exact) mass is 409 g/mol. The standard InChI is InChI=1S/C15H9BrClN3O4/c16-10-3-1-9(2-4-10)15-19-18-14(24-15)8-23-13-6-5-11(17)7-12(13)20(21)22/h1-7H,8H2. The van der Waals surface area contributed by atoms with Gasteiger partial charge in [-0.1, -0.05) is 27.5 Å². The third-order valence-corrected chi connectivity index (χ3v) is 3.79. The van der Waals surface area contributed by atoms with Gasteiger partial charge in [-0.3, -0.25) is 10.1 Å². The molecule has 3 rings (SSSR count). The van der Waals surface area contributed by atoms with Crippen LogP contribution < -0.4 is 4.74 Å². The molecule has 0 radical (unpaired) electrons. The smallest absolute Gasteiger partial charge is 0.312 e. The Hall–Kier alpha value is -2.45. The number of ether oxygens (including phenoxy) is 1. The fourth-order valence-corrected chi connectivity index (χ4v) is 2.35. The molecule has 0 fully saturated rings. The summed E-state index contributed by atoms with van der Waals surface area (Å²) in [4.78, 5) is 10.4. The minimum atomic E-state index is -0.567. The SMILES string of the molecule is O=[N+]([O-])c1cc(Cl)ccc1OCc1nnc(-c2ccc(Br)cc2)o1. The van der Waals surface area contributed by atoms with E-state index in [1.807, 2.05) is 24.3 Å². The van der Waals surface area contributed by atoms with Crippen LogP contribution in [0.1, 0.15) is 5.89 Å². The lowest BCUT2D eigenvalue weighted by Crippen LogP contribution is -1.99. The average Bonchev–Trinajstić information content (AvgIpc) is 3.03. The van der Waals surface area contributed by atoms with Crippen LogP contribution in [-0.2, 0) is 6.61 Å². The molecule has 7 nitrogen and oxygen atoms in total. The van der Waals surface area contributed by atoms with Crippen molar-refractivity contribution in [3.63, 3.8) is 0 Å². The highest BCUT2D eigenvalue weighted by molar-refractivity contribution is 9.10. The Bertz CT molecular complexity index is 883. The summed E-state index contributed by atoms with van der Waals surface area (Å²) in [6.45, 7) is -0.0913. The Kier molecular flexibility index (Phi) is 4.77. The van der Waals surface area contributed by atoms with Crippen LogP contribution in [0.15, 0.2) is 51.4 Å². The van der Waals surface area contributed by atoms with Crippen LogP contribution in [0, 0.1) is 10.1 Å². The first-order valence-electron chi connectivity index (χ1n) is 6.68. The van der Waals surface area contributed by atoms with Gasteiger partial charge in [-0.25, -0.2) is 0 Å². The molecule has 2 aromatic carbocycles. The molecule has 3 aromatic rings. The van der Waals surface area contributed by atoms with Crippen LogP contribution in [0.3, 0.4) is 0 Å². The molecular weight excluding hydrogens is 402 g/mol. The maximum Gasteiger partial charge on any atom is 0.312 e. The van der Waals surface area contributed by atoms with Gasteiger partial charge in [0, 0.05) is 21.1 Å². The first kappa shape index (κ1) is 16.4. The van der Waals surface area contributed by atoms with Crippen molar-refractivity contribution in [1.82, 2.24) is 10.2 Å². The number of nitro groups is 1. The van der Waals surface area contributed by atoms with Gasteiger partial charge in [-0.2, -0.15) is 0 Å². The molecule has 0 bridgehead atoms. The number of hydrogen-bond donors (Lipinski definition) is 0. The molecule has 0 amide bonds. The number of rotatable bonds is 5. The van der Waals surface area contributed by atoms with Gasteiger partial charge in [0.15, 0.2) is 12.4 Å². The normalized spacial score (nSPS) is 10.6. The van der Waals surface area contributed by atoms with E-state index in [1.165, 1.54) is 18.2 Å². The number of hydrogen-bond acceptors (Lipinski definition) is 6. The first-order valence-corrected chi connectivity index (χ1v) is 7.85. The molecule has 0 aliphatic carbocycles. The zero-order valence-electron chi connectivity index (χ0n) is 12.0. The molecule has 0 spiro atoms. The van der Waals surface area contributed by atoms with Gasteiger partial charge in [-0.15, -0.1) is 10.2 Å². The molecule has 0 N–H and O–H groups in total. The zero-order chi connectivity index (χ0) is 17.1. The highest BCUT2D eigenvalue weighted by Crippen LogP contribution is 2.30. The Morgan fingerprint density at radius 1 is 1.21 bits per heavy atom. The summed E-state index contributed by atoms with van der Waals surface area (Å²) in [7, 11) is 0. The molecule has 0 unspecified atom stereocenters. The van der Waals surface area contributed by atoms with Crippen LogP contribution in [0.2, 0.25) is 5.02 Å². The van der Waals surface area contributed by atoms with E-state index >= 15 is 0 Å². The van der Waals surface area contributed by atoms with Crippen molar-refractivity contribution in [1.29, 1.82) is 0 Å². The van der Waals surface area contributed by atoms with Gasteiger partial charge in [0.25, 0.3) is 5.89 Å². The van der Waals surface area contributed by atoms with Crippen molar-refractivity contribution in [3.05, 3.63) is 68.0 Å².